The Bertz CT molecular complexity index is 880. The lowest BCUT2D eigenvalue weighted by Crippen LogP contribution is -2.37. The largest absolute Gasteiger partial charge is 0.352 e. The summed E-state index contributed by atoms with van der Waals surface area (Å²) in [4.78, 5) is 24.7. The van der Waals surface area contributed by atoms with E-state index < -0.39 is 14.6 Å². The normalized spacial score (nSPS) is 22.7. The fourth-order valence-corrected chi connectivity index (χ4v) is 6.19. The number of fused-ring (bicyclic) bond motifs is 1. The van der Waals surface area contributed by atoms with Crippen molar-refractivity contribution < 1.29 is 18.0 Å². The fourth-order valence-electron chi connectivity index (χ4n) is 4.34. The molecule has 0 radical (unpaired) electrons. The molecule has 3 rings (SSSR count). The van der Waals surface area contributed by atoms with Gasteiger partial charge in [-0.2, -0.15) is 0 Å². The van der Waals surface area contributed by atoms with E-state index in [9.17, 15) is 18.0 Å². The van der Waals surface area contributed by atoms with Crippen LogP contribution in [-0.4, -0.2) is 37.2 Å². The molecule has 1 amide bonds. The molecular weight excluding hydrogens is 386 g/mol. The third kappa shape index (κ3) is 4.90. The zero-order chi connectivity index (χ0) is 21.2. The number of sulfone groups is 1. The van der Waals surface area contributed by atoms with E-state index in [0.717, 1.165) is 43.2 Å². The molecule has 0 spiro atoms. The van der Waals surface area contributed by atoms with Crippen LogP contribution in [0.5, 0.6) is 0 Å². The van der Waals surface area contributed by atoms with Crippen molar-refractivity contribution in [1.82, 2.24) is 5.32 Å². The number of Topliss-reactive ketones (excluding diaryl/α,β-unsaturated/α-hetero) is 1. The molecule has 160 valence electrons. The molecule has 1 saturated carbocycles. The van der Waals surface area contributed by atoms with E-state index in [2.05, 4.69) is 5.32 Å². The summed E-state index contributed by atoms with van der Waals surface area (Å²) in [5.41, 5.74) is 2.70. The fraction of sp³-hybridized carbons (Fsp3) is 0.652. The minimum atomic E-state index is -3.13. The van der Waals surface area contributed by atoms with Gasteiger partial charge in [0.05, 0.1) is 10.5 Å². The molecule has 1 heterocycles. The number of rotatable bonds is 7. The first-order valence-electron chi connectivity index (χ1n) is 10.8. The summed E-state index contributed by atoms with van der Waals surface area (Å²) < 4.78 is 24.6. The van der Waals surface area contributed by atoms with Gasteiger partial charge in [-0.1, -0.05) is 19.1 Å². The lowest BCUT2D eigenvalue weighted by Gasteiger charge is -2.31. The quantitative estimate of drug-likeness (QED) is 0.734. The summed E-state index contributed by atoms with van der Waals surface area (Å²) >= 11 is 0. The van der Waals surface area contributed by atoms with Crippen LogP contribution in [0.15, 0.2) is 18.2 Å². The van der Waals surface area contributed by atoms with Crippen LogP contribution in [0.2, 0.25) is 0 Å². The molecule has 0 unspecified atom stereocenters. The van der Waals surface area contributed by atoms with Crippen LogP contribution in [-0.2, 0) is 27.5 Å². The Morgan fingerprint density at radius 3 is 2.52 bits per heavy atom. The lowest BCUT2D eigenvalue weighted by atomic mass is 9.79. The smallest absolute Gasteiger partial charge is 0.251 e. The second kappa shape index (κ2) is 8.58. The summed E-state index contributed by atoms with van der Waals surface area (Å²) in [6.45, 7) is 6.17. The Balaban J connectivity index is 1.55. The lowest BCUT2D eigenvalue weighted by molar-refractivity contribution is -0.123. The van der Waals surface area contributed by atoms with Gasteiger partial charge < -0.3 is 5.32 Å². The monoisotopic (exact) mass is 419 g/mol. The summed E-state index contributed by atoms with van der Waals surface area (Å²) in [6.07, 6.45) is 4.98. The number of ketones is 1. The maximum absolute atomic E-state index is 12.8. The highest BCUT2D eigenvalue weighted by molar-refractivity contribution is 7.92. The van der Waals surface area contributed by atoms with Crippen LogP contribution in [0.25, 0.3) is 0 Å². The standard InChI is InChI=1S/C23H33NO4S/c1-4-23(2,3)29(27,28)15-16-5-8-18(9-6-16)21(25)14-17-7-10-20-19(13-17)11-12-24-22(20)26/h7,10,13,16,18H,4-6,8-9,11-12,14-15H2,1-3H3,(H,24,26). The number of hydrogen-bond acceptors (Lipinski definition) is 4. The second-order valence-electron chi connectivity index (χ2n) is 9.25. The van der Waals surface area contributed by atoms with E-state index >= 15 is 0 Å². The molecular formula is C23H33NO4S. The van der Waals surface area contributed by atoms with Crippen LogP contribution >= 0.6 is 0 Å². The average molecular weight is 420 g/mol. The molecule has 6 heteroatoms. The molecule has 0 saturated heterocycles. The van der Waals surface area contributed by atoms with Crippen LogP contribution in [0.1, 0.15) is 74.4 Å². The van der Waals surface area contributed by atoms with Gasteiger partial charge in [-0.05, 0) is 75.5 Å². The average Bonchev–Trinajstić information content (AvgIpc) is 2.68. The highest BCUT2D eigenvalue weighted by Gasteiger charge is 2.36. The number of nitrogens with one attached hydrogen (secondary N) is 1. The van der Waals surface area contributed by atoms with Crippen molar-refractivity contribution in [3.05, 3.63) is 34.9 Å². The van der Waals surface area contributed by atoms with Crippen molar-refractivity contribution >= 4 is 21.5 Å². The van der Waals surface area contributed by atoms with Crippen molar-refractivity contribution in [2.24, 2.45) is 11.8 Å². The number of hydrogen-bond donors (Lipinski definition) is 1. The molecule has 29 heavy (non-hydrogen) atoms. The summed E-state index contributed by atoms with van der Waals surface area (Å²) in [5.74, 6) is 0.621. The molecule has 0 bridgehead atoms. The topological polar surface area (TPSA) is 80.3 Å². The van der Waals surface area contributed by atoms with Crippen LogP contribution < -0.4 is 5.32 Å². The van der Waals surface area contributed by atoms with Crippen molar-refractivity contribution in [2.75, 3.05) is 12.3 Å². The summed E-state index contributed by atoms with van der Waals surface area (Å²) in [5, 5.41) is 2.83. The van der Waals surface area contributed by atoms with E-state index in [0.29, 0.717) is 24.9 Å². The van der Waals surface area contributed by atoms with Gasteiger partial charge in [-0.15, -0.1) is 0 Å². The number of benzene rings is 1. The van der Waals surface area contributed by atoms with Crippen molar-refractivity contribution in [2.45, 2.75) is 70.5 Å². The molecule has 1 fully saturated rings. The highest BCUT2D eigenvalue weighted by atomic mass is 32.2. The second-order valence-corrected chi connectivity index (χ2v) is 11.9. The number of carbonyl (C=O) groups excluding carboxylic acids is 2. The summed E-state index contributed by atoms with van der Waals surface area (Å²) in [6, 6.07) is 5.70. The van der Waals surface area contributed by atoms with Crippen LogP contribution in [0.3, 0.4) is 0 Å². The maximum Gasteiger partial charge on any atom is 0.251 e. The van der Waals surface area contributed by atoms with Crippen LogP contribution in [0, 0.1) is 11.8 Å². The third-order valence-electron chi connectivity index (χ3n) is 6.92. The van der Waals surface area contributed by atoms with E-state index in [-0.39, 0.29) is 29.3 Å². The first kappa shape index (κ1) is 22.0. The zero-order valence-corrected chi connectivity index (χ0v) is 18.6. The van der Waals surface area contributed by atoms with Gasteiger partial charge in [0.1, 0.15) is 5.78 Å². The molecule has 1 aromatic carbocycles. The zero-order valence-electron chi connectivity index (χ0n) is 17.8. The predicted octanol–water partition coefficient (Wildman–Crippen LogP) is 3.49. The Morgan fingerprint density at radius 2 is 1.86 bits per heavy atom. The number of amides is 1. The first-order valence-corrected chi connectivity index (χ1v) is 12.4. The minimum Gasteiger partial charge on any atom is -0.352 e. The maximum atomic E-state index is 12.8. The third-order valence-corrected chi connectivity index (χ3v) is 9.81. The Kier molecular flexibility index (Phi) is 6.51. The Hall–Kier alpha value is -1.69. The van der Waals surface area contributed by atoms with Gasteiger partial charge in [-0.3, -0.25) is 9.59 Å². The molecule has 0 aromatic heterocycles. The Morgan fingerprint density at radius 1 is 1.17 bits per heavy atom. The van der Waals surface area contributed by atoms with Gasteiger partial charge in [0.15, 0.2) is 9.84 Å². The Labute approximate surface area is 174 Å². The van der Waals surface area contributed by atoms with Gasteiger partial charge >= 0.3 is 0 Å². The van der Waals surface area contributed by atoms with Crippen molar-refractivity contribution in [1.29, 1.82) is 0 Å². The molecule has 1 aliphatic carbocycles. The van der Waals surface area contributed by atoms with Crippen molar-refractivity contribution in [3.63, 3.8) is 0 Å². The highest BCUT2D eigenvalue weighted by Crippen LogP contribution is 2.33. The van der Waals surface area contributed by atoms with E-state index in [1.807, 2.05) is 25.1 Å². The molecule has 0 atom stereocenters. The first-order chi connectivity index (χ1) is 13.6. The molecule has 2 aliphatic rings. The van der Waals surface area contributed by atoms with E-state index in [1.165, 1.54) is 0 Å². The number of carbonyl (C=O) groups is 2. The van der Waals surface area contributed by atoms with E-state index in [1.54, 1.807) is 13.8 Å². The molecule has 1 N–H and O–H groups in total. The summed E-state index contributed by atoms with van der Waals surface area (Å²) in [7, 11) is -3.13. The van der Waals surface area contributed by atoms with Gasteiger partial charge in [-0.25, -0.2) is 8.42 Å². The van der Waals surface area contributed by atoms with Crippen molar-refractivity contribution in [3.8, 4) is 0 Å². The SMILES string of the molecule is CCC(C)(C)S(=O)(=O)CC1CCC(C(=O)Cc2ccc3c(c2)CCNC3=O)CC1. The van der Waals surface area contributed by atoms with Gasteiger partial charge in [0.25, 0.3) is 5.91 Å². The van der Waals surface area contributed by atoms with E-state index in [4.69, 9.17) is 0 Å². The molecule has 1 aromatic rings. The minimum absolute atomic E-state index is 0.0208. The van der Waals surface area contributed by atoms with Gasteiger partial charge in [0, 0.05) is 24.4 Å². The molecule has 5 nitrogen and oxygen atoms in total. The van der Waals surface area contributed by atoms with Crippen LogP contribution in [0.4, 0.5) is 0 Å². The molecule has 1 aliphatic heterocycles. The van der Waals surface area contributed by atoms with Gasteiger partial charge in [0.2, 0.25) is 0 Å². The predicted molar refractivity (Wildman–Crippen MR) is 115 cm³/mol.